The number of anilines is 1. The normalized spacial score (nSPS) is 11.3. The summed E-state index contributed by atoms with van der Waals surface area (Å²) in [5, 5.41) is 10.9. The van der Waals surface area contributed by atoms with Crippen LogP contribution in [0.15, 0.2) is 60.7 Å². The number of nitrogens with one attached hydrogen (secondary N) is 2. The highest BCUT2D eigenvalue weighted by molar-refractivity contribution is 7.80. The van der Waals surface area contributed by atoms with Gasteiger partial charge in [0.1, 0.15) is 0 Å². The van der Waals surface area contributed by atoms with Crippen molar-refractivity contribution in [1.29, 1.82) is 0 Å². The van der Waals surface area contributed by atoms with Crippen molar-refractivity contribution in [2.75, 3.05) is 5.32 Å². The molecule has 2 N–H and O–H groups in total. The van der Waals surface area contributed by atoms with Gasteiger partial charge in [-0.05, 0) is 42.4 Å². The maximum atomic E-state index is 12.9. The van der Waals surface area contributed by atoms with Crippen LogP contribution >= 0.6 is 12.2 Å². The van der Waals surface area contributed by atoms with Crippen LogP contribution in [0.25, 0.3) is 0 Å². The molecular formula is C20H19F3N4S. The van der Waals surface area contributed by atoms with Crippen LogP contribution in [0.4, 0.5) is 19.0 Å². The van der Waals surface area contributed by atoms with E-state index in [2.05, 4.69) is 15.7 Å². The van der Waals surface area contributed by atoms with Gasteiger partial charge in [-0.3, -0.25) is 4.68 Å². The third-order valence-electron chi connectivity index (χ3n) is 4.11. The molecule has 8 heteroatoms. The van der Waals surface area contributed by atoms with Gasteiger partial charge in [0, 0.05) is 18.3 Å². The molecule has 0 fully saturated rings. The molecule has 4 nitrogen and oxygen atoms in total. The summed E-state index contributed by atoms with van der Waals surface area (Å²) in [5.74, 6) is 0.537. The SMILES string of the molecule is Cc1cc(NC(=S)NCc2ccccc2)nn1Cc1cccc(C(F)(F)F)c1. The molecule has 3 rings (SSSR count). The third-order valence-corrected chi connectivity index (χ3v) is 4.35. The van der Waals surface area contributed by atoms with E-state index < -0.39 is 11.7 Å². The minimum atomic E-state index is -4.36. The molecule has 0 atom stereocenters. The highest BCUT2D eigenvalue weighted by Crippen LogP contribution is 2.29. The Labute approximate surface area is 166 Å². The summed E-state index contributed by atoms with van der Waals surface area (Å²) in [6.45, 7) is 2.66. The van der Waals surface area contributed by atoms with Crippen LogP contribution in [-0.4, -0.2) is 14.9 Å². The van der Waals surface area contributed by atoms with Crippen LogP contribution < -0.4 is 10.6 Å². The fraction of sp³-hybridized carbons (Fsp3) is 0.200. The summed E-state index contributed by atoms with van der Waals surface area (Å²) in [7, 11) is 0. The molecule has 0 aliphatic heterocycles. The maximum absolute atomic E-state index is 12.9. The number of halogens is 3. The lowest BCUT2D eigenvalue weighted by Gasteiger charge is -2.10. The largest absolute Gasteiger partial charge is 0.416 e. The molecule has 0 unspecified atom stereocenters. The van der Waals surface area contributed by atoms with Gasteiger partial charge in [0.2, 0.25) is 0 Å². The number of alkyl halides is 3. The number of aromatic nitrogens is 2. The van der Waals surface area contributed by atoms with Crippen molar-refractivity contribution in [3.8, 4) is 0 Å². The van der Waals surface area contributed by atoms with Crippen molar-refractivity contribution >= 4 is 23.1 Å². The molecule has 0 spiro atoms. The zero-order valence-electron chi connectivity index (χ0n) is 15.1. The summed E-state index contributed by atoms with van der Waals surface area (Å²) < 4.78 is 40.3. The Hall–Kier alpha value is -2.87. The van der Waals surface area contributed by atoms with E-state index in [0.29, 0.717) is 23.0 Å². The number of benzene rings is 2. The van der Waals surface area contributed by atoms with Crippen molar-refractivity contribution in [2.24, 2.45) is 0 Å². The van der Waals surface area contributed by atoms with Crippen LogP contribution in [0.5, 0.6) is 0 Å². The molecule has 0 saturated heterocycles. The van der Waals surface area contributed by atoms with Crippen LogP contribution in [0, 0.1) is 6.92 Å². The second-order valence-electron chi connectivity index (χ2n) is 6.32. The van der Waals surface area contributed by atoms with Gasteiger partial charge in [0.25, 0.3) is 0 Å². The molecule has 1 aromatic heterocycles. The van der Waals surface area contributed by atoms with Crippen LogP contribution in [0.2, 0.25) is 0 Å². The Balaban J connectivity index is 1.62. The lowest BCUT2D eigenvalue weighted by atomic mass is 10.1. The average Bonchev–Trinajstić information content (AvgIpc) is 2.99. The maximum Gasteiger partial charge on any atom is 0.416 e. The van der Waals surface area contributed by atoms with E-state index in [-0.39, 0.29) is 6.54 Å². The Kier molecular flexibility index (Phi) is 5.99. The van der Waals surface area contributed by atoms with Gasteiger partial charge in [-0.2, -0.15) is 18.3 Å². The van der Waals surface area contributed by atoms with Crippen LogP contribution in [0.1, 0.15) is 22.4 Å². The topological polar surface area (TPSA) is 41.9 Å². The van der Waals surface area contributed by atoms with Gasteiger partial charge in [-0.1, -0.05) is 42.5 Å². The number of thiocarbonyl (C=S) groups is 1. The molecule has 3 aromatic rings. The fourth-order valence-electron chi connectivity index (χ4n) is 2.69. The van der Waals surface area contributed by atoms with E-state index in [0.717, 1.165) is 23.4 Å². The van der Waals surface area contributed by atoms with E-state index in [9.17, 15) is 13.2 Å². The lowest BCUT2D eigenvalue weighted by Crippen LogP contribution is -2.28. The molecule has 1 heterocycles. The second kappa shape index (κ2) is 8.43. The molecule has 0 amide bonds. The zero-order chi connectivity index (χ0) is 20.1. The molecule has 2 aromatic carbocycles. The van der Waals surface area contributed by atoms with Gasteiger partial charge in [0.05, 0.1) is 12.1 Å². The summed E-state index contributed by atoms with van der Waals surface area (Å²) in [6, 6.07) is 16.9. The van der Waals surface area contributed by atoms with Crippen LogP contribution in [0.3, 0.4) is 0 Å². The first kappa shape index (κ1) is 19.9. The first-order chi connectivity index (χ1) is 13.3. The first-order valence-corrected chi connectivity index (χ1v) is 9.01. The van der Waals surface area contributed by atoms with Crippen molar-refractivity contribution in [2.45, 2.75) is 26.2 Å². The van der Waals surface area contributed by atoms with Crippen molar-refractivity contribution < 1.29 is 13.2 Å². The van der Waals surface area contributed by atoms with E-state index in [1.54, 1.807) is 16.8 Å². The summed E-state index contributed by atoms with van der Waals surface area (Å²) >= 11 is 5.28. The molecule has 28 heavy (non-hydrogen) atoms. The minimum absolute atomic E-state index is 0.238. The van der Waals surface area contributed by atoms with Crippen molar-refractivity contribution in [1.82, 2.24) is 15.1 Å². The fourth-order valence-corrected chi connectivity index (χ4v) is 2.87. The number of rotatable bonds is 5. The summed E-state index contributed by atoms with van der Waals surface area (Å²) in [6.07, 6.45) is -4.36. The zero-order valence-corrected chi connectivity index (χ0v) is 15.9. The quantitative estimate of drug-likeness (QED) is 0.603. The predicted octanol–water partition coefficient (Wildman–Crippen LogP) is 4.75. The highest BCUT2D eigenvalue weighted by Gasteiger charge is 2.30. The van der Waals surface area contributed by atoms with Gasteiger partial charge >= 0.3 is 6.18 Å². The molecule has 146 valence electrons. The first-order valence-electron chi connectivity index (χ1n) is 8.60. The molecular weight excluding hydrogens is 385 g/mol. The van der Waals surface area contributed by atoms with E-state index in [1.165, 1.54) is 6.07 Å². The van der Waals surface area contributed by atoms with E-state index in [4.69, 9.17) is 12.2 Å². The Bertz CT molecular complexity index is 952. The second-order valence-corrected chi connectivity index (χ2v) is 6.73. The predicted molar refractivity (Wildman–Crippen MR) is 107 cm³/mol. The number of hydrogen-bond acceptors (Lipinski definition) is 2. The number of hydrogen-bond donors (Lipinski definition) is 2. The molecule has 0 saturated carbocycles. The average molecular weight is 404 g/mol. The van der Waals surface area contributed by atoms with Crippen molar-refractivity contribution in [3.05, 3.63) is 83.0 Å². The Morgan fingerprint density at radius 1 is 1.04 bits per heavy atom. The third kappa shape index (κ3) is 5.32. The highest BCUT2D eigenvalue weighted by atomic mass is 32.1. The number of nitrogens with zero attached hydrogens (tertiary/aromatic N) is 2. The lowest BCUT2D eigenvalue weighted by molar-refractivity contribution is -0.137. The molecule has 0 bridgehead atoms. The summed E-state index contributed by atoms with van der Waals surface area (Å²) in [5.41, 5.74) is 1.76. The van der Waals surface area contributed by atoms with Gasteiger partial charge < -0.3 is 10.6 Å². The smallest absolute Gasteiger partial charge is 0.358 e. The van der Waals surface area contributed by atoms with E-state index in [1.807, 2.05) is 37.3 Å². The van der Waals surface area contributed by atoms with Gasteiger partial charge in [0.15, 0.2) is 10.9 Å². The minimum Gasteiger partial charge on any atom is -0.358 e. The summed E-state index contributed by atoms with van der Waals surface area (Å²) in [4.78, 5) is 0. The van der Waals surface area contributed by atoms with Gasteiger partial charge in [-0.25, -0.2) is 0 Å². The Morgan fingerprint density at radius 3 is 2.46 bits per heavy atom. The molecule has 0 aliphatic carbocycles. The monoisotopic (exact) mass is 404 g/mol. The van der Waals surface area contributed by atoms with E-state index >= 15 is 0 Å². The molecule has 0 radical (unpaired) electrons. The van der Waals surface area contributed by atoms with Crippen molar-refractivity contribution in [3.63, 3.8) is 0 Å². The van der Waals surface area contributed by atoms with Crippen LogP contribution in [-0.2, 0) is 19.3 Å². The van der Waals surface area contributed by atoms with Gasteiger partial charge in [-0.15, -0.1) is 0 Å². The Morgan fingerprint density at radius 2 is 1.75 bits per heavy atom. The molecule has 0 aliphatic rings. The standard InChI is InChI=1S/C20H19F3N4S/c1-14-10-18(25-19(28)24-12-15-6-3-2-4-7-15)26-27(14)13-16-8-5-9-17(11-16)20(21,22)23/h2-11H,12-13H2,1H3,(H2,24,25,26,28). The number of aryl methyl sites for hydroxylation is 1.